The summed E-state index contributed by atoms with van der Waals surface area (Å²) in [6, 6.07) is 6.48. The maximum absolute atomic E-state index is 12.0. The molecule has 0 atom stereocenters. The van der Waals surface area contributed by atoms with Gasteiger partial charge >= 0.3 is 0 Å². The number of benzene rings is 1. The number of nitrogens with zero attached hydrogens (tertiary/aromatic N) is 1. The van der Waals surface area contributed by atoms with Gasteiger partial charge in [0.2, 0.25) is 10.0 Å². The lowest BCUT2D eigenvalue weighted by Gasteiger charge is -2.10. The van der Waals surface area contributed by atoms with Gasteiger partial charge < -0.3 is 5.32 Å². The Hall–Kier alpha value is -1.15. The molecule has 0 spiro atoms. The standard InChI is InChI=1S/C13H16ClN3O2S2/c1-9(2)17-21(18,19)12-5-3-10(4-6-12)15-7-11-8-16-13(14)20-11/h3-6,8-9,15,17H,7H2,1-2H3. The number of hydrogen-bond donors (Lipinski definition) is 2. The van der Waals surface area contributed by atoms with Gasteiger partial charge in [-0.15, -0.1) is 11.3 Å². The van der Waals surface area contributed by atoms with Crippen LogP contribution in [0.25, 0.3) is 0 Å². The molecule has 0 saturated heterocycles. The van der Waals surface area contributed by atoms with Crippen molar-refractivity contribution in [2.45, 2.75) is 31.3 Å². The first-order chi connectivity index (χ1) is 9.87. The molecule has 5 nitrogen and oxygen atoms in total. The van der Waals surface area contributed by atoms with Gasteiger partial charge in [-0.1, -0.05) is 11.6 Å². The van der Waals surface area contributed by atoms with E-state index in [0.717, 1.165) is 10.6 Å². The fourth-order valence-corrected chi connectivity index (χ4v) is 3.85. The first kappa shape index (κ1) is 16.2. The van der Waals surface area contributed by atoms with Gasteiger partial charge in [-0.3, -0.25) is 0 Å². The van der Waals surface area contributed by atoms with Crippen LogP contribution in [0.1, 0.15) is 18.7 Å². The summed E-state index contributed by atoms with van der Waals surface area (Å²) in [6.45, 7) is 4.17. The predicted molar refractivity (Wildman–Crippen MR) is 86.4 cm³/mol. The lowest BCUT2D eigenvalue weighted by Crippen LogP contribution is -2.30. The molecule has 21 heavy (non-hydrogen) atoms. The number of nitrogens with one attached hydrogen (secondary N) is 2. The zero-order valence-electron chi connectivity index (χ0n) is 11.6. The highest BCUT2D eigenvalue weighted by Crippen LogP contribution is 2.20. The average molecular weight is 346 g/mol. The molecule has 1 aromatic heterocycles. The van der Waals surface area contributed by atoms with Crippen molar-refractivity contribution in [2.24, 2.45) is 0 Å². The third kappa shape index (κ3) is 4.67. The number of rotatable bonds is 6. The summed E-state index contributed by atoms with van der Waals surface area (Å²) in [5.74, 6) is 0. The fourth-order valence-electron chi connectivity index (χ4n) is 1.68. The molecular formula is C13H16ClN3O2S2. The molecule has 0 bridgehead atoms. The molecule has 114 valence electrons. The van der Waals surface area contributed by atoms with E-state index in [1.807, 2.05) is 0 Å². The van der Waals surface area contributed by atoms with Crippen molar-refractivity contribution in [3.05, 3.63) is 39.8 Å². The van der Waals surface area contributed by atoms with Gasteiger partial charge in [0.25, 0.3) is 0 Å². The topological polar surface area (TPSA) is 71.1 Å². The predicted octanol–water partition coefficient (Wildman–Crippen LogP) is 3.10. The summed E-state index contributed by atoms with van der Waals surface area (Å²) >= 11 is 7.17. The van der Waals surface area contributed by atoms with Crippen LogP contribution in [-0.2, 0) is 16.6 Å². The minimum absolute atomic E-state index is 0.135. The van der Waals surface area contributed by atoms with Crippen LogP contribution in [0.5, 0.6) is 0 Å². The van der Waals surface area contributed by atoms with Crippen molar-refractivity contribution in [1.82, 2.24) is 9.71 Å². The second kappa shape index (κ2) is 6.74. The highest BCUT2D eigenvalue weighted by Gasteiger charge is 2.14. The van der Waals surface area contributed by atoms with Crippen molar-refractivity contribution < 1.29 is 8.42 Å². The molecule has 2 aromatic rings. The first-order valence-electron chi connectivity index (χ1n) is 6.33. The van der Waals surface area contributed by atoms with E-state index in [0.29, 0.717) is 11.0 Å². The molecule has 0 amide bonds. The quantitative estimate of drug-likeness (QED) is 0.844. The molecule has 0 unspecified atom stereocenters. The molecule has 8 heteroatoms. The zero-order valence-corrected chi connectivity index (χ0v) is 14.0. The van der Waals surface area contributed by atoms with Crippen LogP contribution < -0.4 is 10.0 Å². The second-order valence-electron chi connectivity index (χ2n) is 4.73. The van der Waals surface area contributed by atoms with Crippen molar-refractivity contribution >= 4 is 38.6 Å². The summed E-state index contributed by atoms with van der Waals surface area (Å²) < 4.78 is 27.0. The van der Waals surface area contributed by atoms with E-state index in [9.17, 15) is 8.42 Å². The summed E-state index contributed by atoms with van der Waals surface area (Å²) in [4.78, 5) is 5.22. The molecule has 1 heterocycles. The Balaban J connectivity index is 2.02. The molecule has 0 radical (unpaired) electrons. The van der Waals surface area contributed by atoms with E-state index in [-0.39, 0.29) is 10.9 Å². The van der Waals surface area contributed by atoms with Gasteiger partial charge in [0, 0.05) is 22.8 Å². The summed E-state index contributed by atoms with van der Waals surface area (Å²) in [7, 11) is -3.44. The number of anilines is 1. The highest BCUT2D eigenvalue weighted by molar-refractivity contribution is 7.89. The molecule has 0 saturated carbocycles. The zero-order chi connectivity index (χ0) is 15.5. The van der Waals surface area contributed by atoms with Gasteiger partial charge in [-0.25, -0.2) is 18.1 Å². The molecule has 0 fully saturated rings. The molecule has 0 aliphatic carbocycles. The lowest BCUT2D eigenvalue weighted by molar-refractivity contribution is 0.570. The van der Waals surface area contributed by atoms with E-state index < -0.39 is 10.0 Å². The summed E-state index contributed by atoms with van der Waals surface area (Å²) in [5, 5.41) is 3.19. The van der Waals surface area contributed by atoms with E-state index in [2.05, 4.69) is 15.0 Å². The third-order valence-electron chi connectivity index (χ3n) is 2.55. The lowest BCUT2D eigenvalue weighted by atomic mass is 10.3. The van der Waals surface area contributed by atoms with Crippen LogP contribution in [0.15, 0.2) is 35.4 Å². The van der Waals surface area contributed by atoms with E-state index >= 15 is 0 Å². The van der Waals surface area contributed by atoms with E-state index in [1.165, 1.54) is 11.3 Å². The van der Waals surface area contributed by atoms with Crippen molar-refractivity contribution in [1.29, 1.82) is 0 Å². The summed E-state index contributed by atoms with van der Waals surface area (Å²) in [6.07, 6.45) is 1.71. The maximum atomic E-state index is 12.0. The van der Waals surface area contributed by atoms with Crippen molar-refractivity contribution in [3.8, 4) is 0 Å². The highest BCUT2D eigenvalue weighted by atomic mass is 35.5. The summed E-state index contributed by atoms with van der Waals surface area (Å²) in [5.41, 5.74) is 0.836. The number of sulfonamides is 1. The van der Waals surface area contributed by atoms with Crippen LogP contribution in [0, 0.1) is 0 Å². The second-order valence-corrected chi connectivity index (χ2v) is 8.14. The Morgan fingerprint density at radius 3 is 2.48 bits per heavy atom. The number of aromatic nitrogens is 1. The van der Waals surface area contributed by atoms with Crippen LogP contribution in [-0.4, -0.2) is 19.4 Å². The minimum atomic E-state index is -3.44. The molecular weight excluding hydrogens is 330 g/mol. The van der Waals surface area contributed by atoms with Gasteiger partial charge in [-0.2, -0.15) is 0 Å². The Kier molecular flexibility index (Phi) is 5.21. The van der Waals surface area contributed by atoms with Gasteiger partial charge in [0.1, 0.15) is 0 Å². The minimum Gasteiger partial charge on any atom is -0.380 e. The number of hydrogen-bond acceptors (Lipinski definition) is 5. The van der Waals surface area contributed by atoms with Crippen LogP contribution in [0.2, 0.25) is 4.47 Å². The Bertz CT molecular complexity index is 696. The fraction of sp³-hybridized carbons (Fsp3) is 0.308. The monoisotopic (exact) mass is 345 g/mol. The molecule has 0 aliphatic heterocycles. The number of halogens is 1. The first-order valence-corrected chi connectivity index (χ1v) is 9.01. The molecule has 2 rings (SSSR count). The third-order valence-corrected chi connectivity index (χ3v) is 5.34. The number of thiazole rings is 1. The van der Waals surface area contributed by atoms with Crippen molar-refractivity contribution in [3.63, 3.8) is 0 Å². The average Bonchev–Trinajstić information content (AvgIpc) is 2.81. The van der Waals surface area contributed by atoms with Crippen LogP contribution in [0.4, 0.5) is 5.69 Å². The van der Waals surface area contributed by atoms with E-state index in [1.54, 1.807) is 44.3 Å². The van der Waals surface area contributed by atoms with Gasteiger partial charge in [0.05, 0.1) is 11.4 Å². The normalized spacial score (nSPS) is 11.8. The molecule has 2 N–H and O–H groups in total. The largest absolute Gasteiger partial charge is 0.380 e. The molecule has 1 aromatic carbocycles. The van der Waals surface area contributed by atoms with Gasteiger partial charge in [-0.05, 0) is 38.1 Å². The van der Waals surface area contributed by atoms with Crippen LogP contribution >= 0.6 is 22.9 Å². The molecule has 0 aliphatic rings. The Morgan fingerprint density at radius 1 is 1.29 bits per heavy atom. The van der Waals surface area contributed by atoms with E-state index in [4.69, 9.17) is 11.6 Å². The van der Waals surface area contributed by atoms with Crippen molar-refractivity contribution in [2.75, 3.05) is 5.32 Å². The SMILES string of the molecule is CC(C)NS(=O)(=O)c1ccc(NCc2cnc(Cl)s2)cc1. The smallest absolute Gasteiger partial charge is 0.240 e. The maximum Gasteiger partial charge on any atom is 0.240 e. The van der Waals surface area contributed by atoms with Crippen LogP contribution in [0.3, 0.4) is 0 Å². The Morgan fingerprint density at radius 2 is 1.95 bits per heavy atom. The Labute approximate surface area is 133 Å². The van der Waals surface area contributed by atoms with Gasteiger partial charge in [0.15, 0.2) is 4.47 Å².